The molecular weight excluding hydrogens is 304 g/mol. The zero-order valence-corrected chi connectivity index (χ0v) is 14.0. The van der Waals surface area contributed by atoms with Crippen LogP contribution >= 0.6 is 0 Å². The van der Waals surface area contributed by atoms with Gasteiger partial charge in [-0.1, -0.05) is 12.1 Å². The summed E-state index contributed by atoms with van der Waals surface area (Å²) in [5.41, 5.74) is 1.62. The van der Waals surface area contributed by atoms with Crippen LogP contribution in [0.3, 0.4) is 0 Å². The summed E-state index contributed by atoms with van der Waals surface area (Å²) in [6, 6.07) is 7.02. The predicted molar refractivity (Wildman–Crippen MR) is 91.5 cm³/mol. The van der Waals surface area contributed by atoms with Gasteiger partial charge in [-0.15, -0.1) is 0 Å². The highest BCUT2D eigenvalue weighted by atomic mass is 16.2. The molecule has 2 atom stereocenters. The molecule has 6 heteroatoms. The van der Waals surface area contributed by atoms with Crippen molar-refractivity contribution in [3.63, 3.8) is 0 Å². The Morgan fingerprint density at radius 1 is 1.25 bits per heavy atom. The van der Waals surface area contributed by atoms with E-state index in [1.54, 1.807) is 6.92 Å². The Labute approximate surface area is 141 Å². The second kappa shape index (κ2) is 6.95. The molecule has 1 aromatic carbocycles. The summed E-state index contributed by atoms with van der Waals surface area (Å²) in [6.45, 7) is 4.53. The molecule has 1 aromatic heterocycles. The Morgan fingerprint density at radius 3 is 2.75 bits per heavy atom. The smallest absolute Gasteiger partial charge is 0.272 e. The third-order valence-electron chi connectivity index (χ3n) is 4.49. The summed E-state index contributed by atoms with van der Waals surface area (Å²) in [6.07, 6.45) is 4.63. The number of hydrogen-bond acceptors (Lipinski definition) is 4. The lowest BCUT2D eigenvalue weighted by atomic mass is 10.0. The molecule has 1 aliphatic heterocycles. The number of aromatic nitrogens is 2. The molecular formula is C18H22N4O2. The number of carbonyl (C=O) groups is 2. The van der Waals surface area contributed by atoms with Crippen molar-refractivity contribution >= 4 is 22.8 Å². The van der Waals surface area contributed by atoms with Crippen molar-refractivity contribution in [2.45, 2.75) is 45.2 Å². The molecule has 1 saturated heterocycles. The van der Waals surface area contributed by atoms with Crippen molar-refractivity contribution in [3.05, 3.63) is 36.2 Å². The van der Waals surface area contributed by atoms with Gasteiger partial charge in [0.15, 0.2) is 0 Å². The number of nitrogens with one attached hydrogen (secondary N) is 1. The molecule has 2 aromatic rings. The first-order chi connectivity index (χ1) is 11.6. The van der Waals surface area contributed by atoms with Crippen LogP contribution in [-0.4, -0.2) is 45.3 Å². The Morgan fingerprint density at radius 2 is 2.00 bits per heavy atom. The van der Waals surface area contributed by atoms with Gasteiger partial charge in [-0.25, -0.2) is 4.98 Å². The van der Waals surface area contributed by atoms with Crippen LogP contribution in [0.15, 0.2) is 30.5 Å². The fraction of sp³-hybridized carbons (Fsp3) is 0.444. The summed E-state index contributed by atoms with van der Waals surface area (Å²) < 4.78 is 0. The third kappa shape index (κ3) is 3.37. The van der Waals surface area contributed by atoms with Gasteiger partial charge in [0.2, 0.25) is 5.91 Å². The maximum Gasteiger partial charge on any atom is 0.272 e. The van der Waals surface area contributed by atoms with Crippen LogP contribution in [0.1, 0.15) is 43.6 Å². The number of benzene rings is 1. The molecule has 3 rings (SSSR count). The van der Waals surface area contributed by atoms with E-state index in [9.17, 15) is 9.59 Å². The summed E-state index contributed by atoms with van der Waals surface area (Å²) in [5.74, 6) is -0.414. The van der Waals surface area contributed by atoms with E-state index in [-0.39, 0.29) is 23.6 Å². The summed E-state index contributed by atoms with van der Waals surface area (Å²) >= 11 is 0. The minimum atomic E-state index is -0.577. The number of amides is 2. The van der Waals surface area contributed by atoms with Crippen molar-refractivity contribution in [1.82, 2.24) is 20.2 Å². The van der Waals surface area contributed by atoms with E-state index in [0.717, 1.165) is 31.3 Å². The quantitative estimate of drug-likeness (QED) is 0.938. The summed E-state index contributed by atoms with van der Waals surface area (Å²) in [7, 11) is 0. The zero-order chi connectivity index (χ0) is 17.1. The maximum atomic E-state index is 12.6. The Hall–Kier alpha value is -2.50. The van der Waals surface area contributed by atoms with E-state index in [2.05, 4.69) is 22.2 Å². The molecule has 0 radical (unpaired) electrons. The molecule has 1 fully saturated rings. The third-order valence-corrected chi connectivity index (χ3v) is 4.49. The van der Waals surface area contributed by atoms with Crippen molar-refractivity contribution in [3.8, 4) is 0 Å². The Balaban J connectivity index is 1.69. The highest BCUT2D eigenvalue weighted by molar-refractivity contribution is 5.97. The van der Waals surface area contributed by atoms with Crippen LogP contribution in [0.25, 0.3) is 11.0 Å². The molecule has 0 spiro atoms. The molecule has 2 heterocycles. The molecule has 2 amide bonds. The molecule has 126 valence electrons. The van der Waals surface area contributed by atoms with Gasteiger partial charge in [-0.3, -0.25) is 14.6 Å². The van der Waals surface area contributed by atoms with Gasteiger partial charge in [0.1, 0.15) is 11.7 Å². The number of rotatable bonds is 3. The number of piperidine rings is 1. The average molecular weight is 326 g/mol. The van der Waals surface area contributed by atoms with Gasteiger partial charge >= 0.3 is 0 Å². The number of para-hydroxylation sites is 2. The van der Waals surface area contributed by atoms with E-state index < -0.39 is 6.04 Å². The SMILES string of the molecule is C[C@@H](NC(=O)c1cnc2ccccc2n1)C(=O)N1CCCC[C@@H]1C. The van der Waals surface area contributed by atoms with Crippen molar-refractivity contribution in [2.75, 3.05) is 6.54 Å². The van der Waals surface area contributed by atoms with E-state index in [1.807, 2.05) is 29.2 Å². The molecule has 0 bridgehead atoms. The van der Waals surface area contributed by atoms with Gasteiger partial charge in [0, 0.05) is 12.6 Å². The van der Waals surface area contributed by atoms with E-state index in [1.165, 1.54) is 6.20 Å². The first-order valence-corrected chi connectivity index (χ1v) is 8.39. The molecule has 0 saturated carbocycles. The van der Waals surface area contributed by atoms with E-state index in [0.29, 0.717) is 5.52 Å². The molecule has 6 nitrogen and oxygen atoms in total. The van der Waals surface area contributed by atoms with Crippen LogP contribution in [0, 0.1) is 0 Å². The average Bonchev–Trinajstić information content (AvgIpc) is 2.61. The van der Waals surface area contributed by atoms with Crippen LogP contribution < -0.4 is 5.32 Å². The van der Waals surface area contributed by atoms with Crippen molar-refractivity contribution in [1.29, 1.82) is 0 Å². The van der Waals surface area contributed by atoms with Crippen LogP contribution in [0.5, 0.6) is 0 Å². The standard InChI is InChI=1S/C18H22N4O2/c1-12-7-5-6-10-22(12)18(24)13(2)20-17(23)16-11-19-14-8-3-4-9-15(14)21-16/h3-4,8-9,11-13H,5-7,10H2,1-2H3,(H,20,23)/t12-,13+/m0/s1. The van der Waals surface area contributed by atoms with Gasteiger partial charge in [0.25, 0.3) is 5.91 Å². The first kappa shape index (κ1) is 16.4. The Bertz CT molecular complexity index is 762. The minimum Gasteiger partial charge on any atom is -0.339 e. The van der Waals surface area contributed by atoms with Crippen LogP contribution in [0.2, 0.25) is 0 Å². The molecule has 0 aliphatic carbocycles. The van der Waals surface area contributed by atoms with Crippen LogP contribution in [-0.2, 0) is 4.79 Å². The fourth-order valence-electron chi connectivity index (χ4n) is 3.07. The number of hydrogen-bond donors (Lipinski definition) is 1. The number of fused-ring (bicyclic) bond motifs is 1. The fourth-order valence-corrected chi connectivity index (χ4v) is 3.07. The summed E-state index contributed by atoms with van der Waals surface area (Å²) in [4.78, 5) is 35.4. The number of nitrogens with zero attached hydrogens (tertiary/aromatic N) is 3. The number of likely N-dealkylation sites (tertiary alicyclic amines) is 1. The zero-order valence-electron chi connectivity index (χ0n) is 14.0. The molecule has 0 unspecified atom stereocenters. The lowest BCUT2D eigenvalue weighted by Gasteiger charge is -2.35. The Kier molecular flexibility index (Phi) is 4.74. The second-order valence-corrected chi connectivity index (χ2v) is 6.32. The largest absolute Gasteiger partial charge is 0.339 e. The topological polar surface area (TPSA) is 75.2 Å². The van der Waals surface area contributed by atoms with Gasteiger partial charge in [0.05, 0.1) is 17.2 Å². The van der Waals surface area contributed by atoms with Gasteiger partial charge in [-0.05, 0) is 45.2 Å². The van der Waals surface area contributed by atoms with Gasteiger partial charge in [-0.2, -0.15) is 0 Å². The molecule has 24 heavy (non-hydrogen) atoms. The molecule has 1 aliphatic rings. The normalized spacial score (nSPS) is 19.1. The second-order valence-electron chi connectivity index (χ2n) is 6.32. The number of carbonyl (C=O) groups excluding carboxylic acids is 2. The first-order valence-electron chi connectivity index (χ1n) is 8.39. The maximum absolute atomic E-state index is 12.6. The lowest BCUT2D eigenvalue weighted by molar-refractivity contribution is -0.136. The van der Waals surface area contributed by atoms with E-state index in [4.69, 9.17) is 0 Å². The van der Waals surface area contributed by atoms with Gasteiger partial charge < -0.3 is 10.2 Å². The highest BCUT2D eigenvalue weighted by Gasteiger charge is 2.28. The monoisotopic (exact) mass is 326 g/mol. The van der Waals surface area contributed by atoms with Crippen molar-refractivity contribution < 1.29 is 9.59 Å². The minimum absolute atomic E-state index is 0.0377. The summed E-state index contributed by atoms with van der Waals surface area (Å²) in [5, 5.41) is 2.75. The lowest BCUT2D eigenvalue weighted by Crippen LogP contribution is -2.51. The van der Waals surface area contributed by atoms with Crippen LogP contribution in [0.4, 0.5) is 0 Å². The van der Waals surface area contributed by atoms with E-state index >= 15 is 0 Å². The predicted octanol–water partition coefficient (Wildman–Crippen LogP) is 2.15. The molecule has 1 N–H and O–H groups in total. The van der Waals surface area contributed by atoms with Crippen molar-refractivity contribution in [2.24, 2.45) is 0 Å². The highest BCUT2D eigenvalue weighted by Crippen LogP contribution is 2.17.